The molecular weight excluding hydrogens is 450 g/mol. The van der Waals surface area contributed by atoms with Gasteiger partial charge in [0.15, 0.2) is 0 Å². The Labute approximate surface area is 199 Å². The van der Waals surface area contributed by atoms with E-state index in [1.807, 2.05) is 25.1 Å². The van der Waals surface area contributed by atoms with Gasteiger partial charge >= 0.3 is 6.03 Å². The molecule has 2 aliphatic heterocycles. The van der Waals surface area contributed by atoms with Crippen LogP contribution in [-0.4, -0.2) is 49.4 Å². The summed E-state index contributed by atoms with van der Waals surface area (Å²) in [6.07, 6.45) is 5.11. The first-order chi connectivity index (χ1) is 16.5. The van der Waals surface area contributed by atoms with E-state index in [1.54, 1.807) is 35.0 Å². The van der Waals surface area contributed by atoms with Gasteiger partial charge < -0.3 is 4.90 Å². The Morgan fingerprint density at radius 3 is 2.74 bits per heavy atom. The van der Waals surface area contributed by atoms with Crippen LogP contribution in [0.25, 0.3) is 15.8 Å². The molecular formula is C24H19N7O2S. The number of rotatable bonds is 4. The number of hydrogen-bond acceptors (Lipinski definition) is 7. The lowest BCUT2D eigenvalue weighted by molar-refractivity contribution is -0.119. The lowest BCUT2D eigenvalue weighted by Crippen LogP contribution is -2.62. The van der Waals surface area contributed by atoms with Crippen LogP contribution >= 0.6 is 11.8 Å². The second-order valence-corrected chi connectivity index (χ2v) is 9.22. The zero-order valence-corrected chi connectivity index (χ0v) is 19.3. The molecule has 10 heteroatoms. The summed E-state index contributed by atoms with van der Waals surface area (Å²) in [5, 5.41) is 23.2. The van der Waals surface area contributed by atoms with Crippen molar-refractivity contribution in [3.8, 4) is 12.1 Å². The van der Waals surface area contributed by atoms with E-state index < -0.39 is 17.3 Å². The van der Waals surface area contributed by atoms with Gasteiger partial charge in [-0.15, -0.1) is 11.8 Å². The Bertz CT molecular complexity index is 1460. The van der Waals surface area contributed by atoms with Gasteiger partial charge in [-0.2, -0.15) is 15.6 Å². The molecule has 5 rings (SSSR count). The van der Waals surface area contributed by atoms with Crippen LogP contribution in [0.4, 0.5) is 10.5 Å². The number of thioether (sulfide) groups is 1. The van der Waals surface area contributed by atoms with Crippen LogP contribution < -0.4 is 4.90 Å². The first-order valence-electron chi connectivity index (χ1n) is 10.6. The number of carbonyl (C=O) groups is 2. The first-order valence-corrected chi connectivity index (χ1v) is 11.5. The largest absolute Gasteiger partial charge is 0.332 e. The SMILES string of the molecule is Cc1c2c(N3C(=O)C4SC(c5ccccc5C#N)=CC4N(CCC#N)C3=O)cncc2nn1C. The van der Waals surface area contributed by atoms with E-state index in [0.29, 0.717) is 22.2 Å². The number of hydrogen-bond donors (Lipinski definition) is 0. The lowest BCUT2D eigenvalue weighted by atomic mass is 10.0. The molecule has 0 saturated carbocycles. The summed E-state index contributed by atoms with van der Waals surface area (Å²) in [5.41, 5.74) is 3.00. The minimum atomic E-state index is -0.606. The molecule has 3 aromatic rings. The van der Waals surface area contributed by atoms with E-state index in [1.165, 1.54) is 22.9 Å². The van der Waals surface area contributed by atoms with Crippen LogP contribution in [0.1, 0.15) is 23.2 Å². The zero-order chi connectivity index (χ0) is 24.0. The maximum Gasteiger partial charge on any atom is 0.332 e. The Balaban J connectivity index is 1.61. The fourth-order valence-corrected chi connectivity index (χ4v) is 5.82. The molecule has 2 aliphatic rings. The Morgan fingerprint density at radius 2 is 1.97 bits per heavy atom. The monoisotopic (exact) mass is 469 g/mol. The van der Waals surface area contributed by atoms with E-state index in [2.05, 4.69) is 22.2 Å². The maximum absolute atomic E-state index is 13.8. The van der Waals surface area contributed by atoms with Crippen LogP contribution in [0.3, 0.4) is 0 Å². The summed E-state index contributed by atoms with van der Waals surface area (Å²) in [7, 11) is 1.80. The average Bonchev–Trinajstić information content (AvgIpc) is 3.41. The van der Waals surface area contributed by atoms with Crippen molar-refractivity contribution in [3.05, 3.63) is 59.6 Å². The van der Waals surface area contributed by atoms with Gasteiger partial charge in [-0.25, -0.2) is 9.69 Å². The van der Waals surface area contributed by atoms with Gasteiger partial charge in [0.25, 0.3) is 5.91 Å². The number of nitriles is 2. The van der Waals surface area contributed by atoms with E-state index in [4.69, 9.17) is 0 Å². The van der Waals surface area contributed by atoms with Crippen molar-refractivity contribution in [1.82, 2.24) is 19.7 Å². The van der Waals surface area contributed by atoms with Gasteiger partial charge in [0, 0.05) is 29.8 Å². The number of aromatic nitrogens is 3. The minimum Gasteiger partial charge on any atom is -0.315 e. The molecule has 2 unspecified atom stereocenters. The standard InChI is InChI=1S/C24H19N7O2S/c1-14-21-17(28-29(14)2)12-27-13-19(21)31-23(32)22-18(30(24(31)33)9-5-8-25)10-20(34-22)16-7-4-3-6-15(16)11-26/h3-4,6-7,10,12-13,18,22H,5,9H2,1-2H3. The maximum atomic E-state index is 13.8. The Kier molecular flexibility index (Phi) is 5.31. The van der Waals surface area contributed by atoms with Crippen LogP contribution in [0.15, 0.2) is 42.7 Å². The van der Waals surface area contributed by atoms with Crippen molar-refractivity contribution < 1.29 is 9.59 Å². The summed E-state index contributed by atoms with van der Waals surface area (Å²) >= 11 is 1.34. The summed E-state index contributed by atoms with van der Waals surface area (Å²) in [4.78, 5) is 35.2. The van der Waals surface area contributed by atoms with Crippen molar-refractivity contribution in [2.75, 3.05) is 11.4 Å². The minimum absolute atomic E-state index is 0.133. The number of benzene rings is 1. The van der Waals surface area contributed by atoms with Crippen LogP contribution in [-0.2, 0) is 11.8 Å². The summed E-state index contributed by atoms with van der Waals surface area (Å²) in [6, 6.07) is 10.5. The molecule has 9 nitrogen and oxygen atoms in total. The highest BCUT2D eigenvalue weighted by Gasteiger charge is 2.50. The fraction of sp³-hybridized carbons (Fsp3) is 0.250. The number of aryl methyl sites for hydroxylation is 2. The third-order valence-corrected chi connectivity index (χ3v) is 7.52. The third-order valence-electron chi connectivity index (χ3n) is 6.18. The predicted octanol–water partition coefficient (Wildman–Crippen LogP) is 3.36. The number of imide groups is 1. The van der Waals surface area contributed by atoms with Gasteiger partial charge in [-0.05, 0) is 19.1 Å². The number of anilines is 1. The third kappa shape index (κ3) is 3.23. The molecule has 0 radical (unpaired) electrons. The molecule has 2 atom stereocenters. The van der Waals surface area contributed by atoms with Crippen molar-refractivity contribution in [3.63, 3.8) is 0 Å². The number of urea groups is 1. The molecule has 0 spiro atoms. The molecule has 0 bridgehead atoms. The van der Waals surface area contributed by atoms with Crippen LogP contribution in [0, 0.1) is 29.6 Å². The van der Waals surface area contributed by atoms with Crippen LogP contribution in [0.5, 0.6) is 0 Å². The van der Waals surface area contributed by atoms with Crippen molar-refractivity contribution in [2.24, 2.45) is 7.05 Å². The van der Waals surface area contributed by atoms with Gasteiger partial charge in [0.2, 0.25) is 0 Å². The van der Waals surface area contributed by atoms with Gasteiger partial charge in [-0.1, -0.05) is 18.2 Å². The molecule has 3 amide bonds. The summed E-state index contributed by atoms with van der Waals surface area (Å²) in [6.45, 7) is 2.05. The Hall–Kier alpha value is -4.15. The number of nitrogens with zero attached hydrogens (tertiary/aromatic N) is 7. The highest BCUT2D eigenvalue weighted by Crippen LogP contribution is 2.46. The quantitative estimate of drug-likeness (QED) is 0.575. The number of pyridine rings is 1. The second kappa shape index (κ2) is 8.32. The average molecular weight is 470 g/mol. The normalized spacial score (nSPS) is 19.7. The molecule has 1 saturated heterocycles. The van der Waals surface area contributed by atoms with Crippen molar-refractivity contribution in [1.29, 1.82) is 10.5 Å². The highest BCUT2D eigenvalue weighted by atomic mass is 32.2. The predicted molar refractivity (Wildman–Crippen MR) is 127 cm³/mol. The lowest BCUT2D eigenvalue weighted by Gasteiger charge is -2.40. The molecule has 4 heterocycles. The van der Waals surface area contributed by atoms with E-state index in [0.717, 1.165) is 16.2 Å². The number of amides is 3. The Morgan fingerprint density at radius 1 is 1.18 bits per heavy atom. The second-order valence-electron chi connectivity index (χ2n) is 8.04. The van der Waals surface area contributed by atoms with Crippen molar-refractivity contribution >= 4 is 45.2 Å². The molecule has 1 aromatic carbocycles. The topological polar surface area (TPSA) is 119 Å². The van der Waals surface area contributed by atoms with Crippen LogP contribution in [0.2, 0.25) is 0 Å². The molecule has 0 N–H and O–H groups in total. The molecule has 168 valence electrons. The van der Waals surface area contributed by atoms with Crippen molar-refractivity contribution in [2.45, 2.75) is 24.6 Å². The molecule has 34 heavy (non-hydrogen) atoms. The number of carbonyl (C=O) groups excluding carboxylic acids is 2. The summed E-state index contributed by atoms with van der Waals surface area (Å²) < 4.78 is 1.69. The zero-order valence-electron chi connectivity index (χ0n) is 18.5. The van der Waals surface area contributed by atoms with E-state index in [9.17, 15) is 20.1 Å². The molecule has 2 aromatic heterocycles. The van der Waals surface area contributed by atoms with Gasteiger partial charge in [0.05, 0.1) is 53.6 Å². The van der Waals surface area contributed by atoms with E-state index in [-0.39, 0.29) is 18.9 Å². The number of fused-ring (bicyclic) bond motifs is 2. The summed E-state index contributed by atoms with van der Waals surface area (Å²) in [5.74, 6) is -0.355. The fourth-order valence-electron chi connectivity index (χ4n) is 4.45. The first kappa shape index (κ1) is 21.7. The van der Waals surface area contributed by atoms with Gasteiger partial charge in [-0.3, -0.25) is 14.5 Å². The van der Waals surface area contributed by atoms with Gasteiger partial charge in [0.1, 0.15) is 10.8 Å². The highest BCUT2D eigenvalue weighted by molar-refractivity contribution is 8.09. The molecule has 1 fully saturated rings. The molecule has 0 aliphatic carbocycles. The smallest absolute Gasteiger partial charge is 0.315 e. The van der Waals surface area contributed by atoms with E-state index >= 15 is 0 Å².